The zero-order chi connectivity index (χ0) is 11.7. The Balaban J connectivity index is 2.22. The summed E-state index contributed by atoms with van der Waals surface area (Å²) in [5.41, 5.74) is 6.22. The lowest BCUT2D eigenvalue weighted by Crippen LogP contribution is -2.38. The van der Waals surface area contributed by atoms with Gasteiger partial charge in [0.25, 0.3) is 0 Å². The minimum atomic E-state index is 0.369. The first-order valence-corrected chi connectivity index (χ1v) is 6.31. The lowest BCUT2D eigenvalue weighted by Gasteiger charge is -2.35. The van der Waals surface area contributed by atoms with Gasteiger partial charge in [0.15, 0.2) is 5.82 Å². The van der Waals surface area contributed by atoms with Gasteiger partial charge in [-0.25, -0.2) is 0 Å². The number of piperidine rings is 1. The second kappa shape index (κ2) is 4.30. The van der Waals surface area contributed by atoms with Crippen LogP contribution in [0.1, 0.15) is 25.8 Å². The maximum Gasteiger partial charge on any atom is 0.157 e. The van der Waals surface area contributed by atoms with Crippen molar-refractivity contribution in [2.45, 2.75) is 20.3 Å². The molecule has 5 heteroatoms. The minimum Gasteiger partial charge on any atom is -0.382 e. The first-order valence-electron chi connectivity index (χ1n) is 5.53. The number of aromatic nitrogens is 1. The fourth-order valence-corrected chi connectivity index (χ4v) is 2.86. The van der Waals surface area contributed by atoms with E-state index in [-0.39, 0.29) is 0 Å². The van der Waals surface area contributed by atoms with Gasteiger partial charge in [-0.1, -0.05) is 13.8 Å². The zero-order valence-corrected chi connectivity index (χ0v) is 10.4. The quantitative estimate of drug-likeness (QED) is 0.810. The predicted molar refractivity (Wildman–Crippen MR) is 66.4 cm³/mol. The molecule has 1 fully saturated rings. The van der Waals surface area contributed by atoms with Crippen LogP contribution in [0.15, 0.2) is 0 Å². The minimum absolute atomic E-state index is 0.369. The number of nitrogens with zero attached hydrogens (tertiary/aromatic N) is 3. The average molecular weight is 236 g/mol. The Morgan fingerprint density at radius 3 is 2.88 bits per heavy atom. The number of nitrogen functional groups attached to an aromatic ring is 1. The van der Waals surface area contributed by atoms with E-state index >= 15 is 0 Å². The molecule has 1 aromatic rings. The topological polar surface area (TPSA) is 65.9 Å². The maximum absolute atomic E-state index is 9.05. The molecule has 0 spiro atoms. The van der Waals surface area contributed by atoms with Gasteiger partial charge in [-0.15, -0.1) is 0 Å². The van der Waals surface area contributed by atoms with E-state index in [0.717, 1.165) is 24.0 Å². The number of rotatable bonds is 1. The fourth-order valence-electron chi connectivity index (χ4n) is 2.06. The third kappa shape index (κ3) is 1.85. The Bertz CT molecular complexity index is 420. The molecular formula is C11H16N4S. The van der Waals surface area contributed by atoms with E-state index < -0.39 is 0 Å². The normalized spacial score (nSPS) is 25.4. The van der Waals surface area contributed by atoms with Gasteiger partial charge in [0.2, 0.25) is 0 Å². The number of hydrogen-bond donors (Lipinski definition) is 1. The standard InChI is InChI=1S/C11H16N4S/c1-7-3-4-15(6-8(7)2)11-9(5-12)10(13)14-16-11/h7-8H,3-4,6H2,1-2H3,(H2,13,14). The smallest absolute Gasteiger partial charge is 0.157 e. The molecule has 0 saturated carbocycles. The Morgan fingerprint density at radius 2 is 2.25 bits per heavy atom. The van der Waals surface area contributed by atoms with Crippen molar-refractivity contribution in [2.24, 2.45) is 11.8 Å². The Labute approximate surface area is 99.8 Å². The Hall–Kier alpha value is -1.28. The molecule has 16 heavy (non-hydrogen) atoms. The van der Waals surface area contributed by atoms with Crippen LogP contribution in [0.25, 0.3) is 0 Å². The van der Waals surface area contributed by atoms with E-state index in [2.05, 4.69) is 29.2 Å². The summed E-state index contributed by atoms with van der Waals surface area (Å²) in [6.45, 7) is 6.54. The van der Waals surface area contributed by atoms with E-state index in [1.165, 1.54) is 18.0 Å². The number of nitrogens with two attached hydrogens (primary N) is 1. The van der Waals surface area contributed by atoms with Gasteiger partial charge in [0, 0.05) is 13.1 Å². The van der Waals surface area contributed by atoms with Crippen LogP contribution in [-0.2, 0) is 0 Å². The fraction of sp³-hybridized carbons (Fsp3) is 0.636. The summed E-state index contributed by atoms with van der Waals surface area (Å²) in [7, 11) is 0. The third-order valence-electron chi connectivity index (χ3n) is 3.43. The molecule has 86 valence electrons. The van der Waals surface area contributed by atoms with Crippen molar-refractivity contribution in [3.8, 4) is 6.07 Å². The molecule has 2 N–H and O–H groups in total. The van der Waals surface area contributed by atoms with Crippen molar-refractivity contribution in [3.05, 3.63) is 5.56 Å². The Kier molecular flexibility index (Phi) is 3.01. The van der Waals surface area contributed by atoms with Crippen molar-refractivity contribution >= 4 is 22.4 Å². The van der Waals surface area contributed by atoms with Crippen LogP contribution in [0.3, 0.4) is 0 Å². The molecule has 2 rings (SSSR count). The van der Waals surface area contributed by atoms with Gasteiger partial charge >= 0.3 is 0 Å². The van der Waals surface area contributed by atoms with E-state index in [9.17, 15) is 0 Å². The molecule has 1 saturated heterocycles. The van der Waals surface area contributed by atoms with Crippen LogP contribution in [0, 0.1) is 23.2 Å². The summed E-state index contributed by atoms with van der Waals surface area (Å²) >= 11 is 1.34. The highest BCUT2D eigenvalue weighted by molar-refractivity contribution is 7.10. The van der Waals surface area contributed by atoms with E-state index in [1.807, 2.05) is 0 Å². The summed E-state index contributed by atoms with van der Waals surface area (Å²) in [6, 6.07) is 2.15. The first kappa shape index (κ1) is 11.2. The second-order valence-electron chi connectivity index (χ2n) is 4.55. The summed E-state index contributed by atoms with van der Waals surface area (Å²) in [5, 5.41) is 9.99. The van der Waals surface area contributed by atoms with Crippen LogP contribution in [0.4, 0.5) is 10.8 Å². The highest BCUT2D eigenvalue weighted by Crippen LogP contribution is 2.34. The number of hydrogen-bond acceptors (Lipinski definition) is 5. The highest BCUT2D eigenvalue weighted by atomic mass is 32.1. The molecular weight excluding hydrogens is 220 g/mol. The summed E-state index contributed by atoms with van der Waals surface area (Å²) in [6.07, 6.45) is 1.17. The third-order valence-corrected chi connectivity index (χ3v) is 4.36. The van der Waals surface area contributed by atoms with Crippen LogP contribution in [-0.4, -0.2) is 17.5 Å². The molecule has 2 atom stereocenters. The average Bonchev–Trinajstić information content (AvgIpc) is 2.63. The molecule has 0 bridgehead atoms. The molecule has 0 aromatic carbocycles. The SMILES string of the molecule is CC1CCN(c2snc(N)c2C#N)CC1C. The van der Waals surface area contributed by atoms with Gasteiger partial charge in [-0.3, -0.25) is 0 Å². The molecule has 0 aliphatic carbocycles. The van der Waals surface area contributed by atoms with Gasteiger partial charge in [-0.05, 0) is 29.8 Å². The van der Waals surface area contributed by atoms with Crippen molar-refractivity contribution < 1.29 is 0 Å². The van der Waals surface area contributed by atoms with E-state index in [1.54, 1.807) is 0 Å². The van der Waals surface area contributed by atoms with E-state index in [4.69, 9.17) is 11.0 Å². The molecule has 1 aromatic heterocycles. The van der Waals surface area contributed by atoms with Gasteiger partial charge in [0.1, 0.15) is 16.6 Å². The predicted octanol–water partition coefficient (Wildman–Crippen LogP) is 2.08. The van der Waals surface area contributed by atoms with Crippen molar-refractivity contribution in [3.63, 3.8) is 0 Å². The lowest BCUT2D eigenvalue weighted by molar-refractivity contribution is 0.324. The summed E-state index contributed by atoms with van der Waals surface area (Å²) < 4.78 is 4.06. The van der Waals surface area contributed by atoms with Crippen molar-refractivity contribution in [1.82, 2.24) is 4.37 Å². The molecule has 4 nitrogen and oxygen atoms in total. The first-order chi connectivity index (χ1) is 7.63. The van der Waals surface area contributed by atoms with Crippen LogP contribution in [0.5, 0.6) is 0 Å². The van der Waals surface area contributed by atoms with Crippen LogP contribution < -0.4 is 10.6 Å². The molecule has 1 aliphatic heterocycles. The lowest BCUT2D eigenvalue weighted by atomic mass is 9.89. The van der Waals surface area contributed by atoms with Crippen LogP contribution in [0.2, 0.25) is 0 Å². The molecule has 0 radical (unpaired) electrons. The van der Waals surface area contributed by atoms with Crippen molar-refractivity contribution in [1.29, 1.82) is 5.26 Å². The maximum atomic E-state index is 9.05. The number of nitriles is 1. The monoisotopic (exact) mass is 236 g/mol. The van der Waals surface area contributed by atoms with Crippen molar-refractivity contribution in [2.75, 3.05) is 23.7 Å². The van der Waals surface area contributed by atoms with Crippen LogP contribution >= 0.6 is 11.5 Å². The summed E-state index contributed by atoms with van der Waals surface area (Å²) in [4.78, 5) is 2.25. The second-order valence-corrected chi connectivity index (χ2v) is 5.30. The van der Waals surface area contributed by atoms with Gasteiger partial charge in [-0.2, -0.15) is 9.64 Å². The van der Waals surface area contributed by atoms with Gasteiger partial charge in [0.05, 0.1) is 0 Å². The molecule has 1 aliphatic rings. The highest BCUT2D eigenvalue weighted by Gasteiger charge is 2.26. The largest absolute Gasteiger partial charge is 0.382 e. The molecule has 2 heterocycles. The van der Waals surface area contributed by atoms with Gasteiger partial charge < -0.3 is 10.6 Å². The van der Waals surface area contributed by atoms with E-state index in [0.29, 0.717) is 17.3 Å². The summed E-state index contributed by atoms with van der Waals surface area (Å²) in [5.74, 6) is 1.78. The zero-order valence-electron chi connectivity index (χ0n) is 9.60. The molecule has 2 unspecified atom stereocenters. The number of anilines is 2. The Morgan fingerprint density at radius 1 is 1.50 bits per heavy atom. The molecule has 0 amide bonds.